The number of rotatable bonds is 3. The number of hydrogen-bond donors (Lipinski definition) is 1. The van der Waals surface area contributed by atoms with Gasteiger partial charge in [-0.15, -0.1) is 0 Å². The van der Waals surface area contributed by atoms with E-state index in [4.69, 9.17) is 11.6 Å². The zero-order valence-corrected chi connectivity index (χ0v) is 8.83. The molecular weight excluding hydrogens is 208 g/mol. The molecule has 1 unspecified atom stereocenters. The lowest BCUT2D eigenvalue weighted by Gasteiger charge is -2.15. The van der Waals surface area contributed by atoms with E-state index in [1.165, 1.54) is 6.07 Å². The van der Waals surface area contributed by atoms with Crippen molar-refractivity contribution in [1.82, 2.24) is 5.32 Å². The van der Waals surface area contributed by atoms with Gasteiger partial charge in [-0.2, -0.15) is 0 Å². The Morgan fingerprint density at radius 2 is 2.07 bits per heavy atom. The van der Waals surface area contributed by atoms with E-state index < -0.39 is 11.6 Å². The van der Waals surface area contributed by atoms with Crippen molar-refractivity contribution in [3.05, 3.63) is 34.4 Å². The largest absolute Gasteiger partial charge is 0.310 e. The fourth-order valence-electron chi connectivity index (χ4n) is 1.35. The van der Waals surface area contributed by atoms with Crippen LogP contribution in [0.5, 0.6) is 0 Å². The van der Waals surface area contributed by atoms with Gasteiger partial charge in [0.15, 0.2) is 11.6 Å². The van der Waals surface area contributed by atoms with Crippen LogP contribution < -0.4 is 5.32 Å². The fraction of sp³-hybridized carbons (Fsp3) is 0.400. The summed E-state index contributed by atoms with van der Waals surface area (Å²) in [6.07, 6.45) is 0. The lowest BCUT2D eigenvalue weighted by Crippen LogP contribution is -2.19. The van der Waals surface area contributed by atoms with Crippen LogP contribution in [0.4, 0.5) is 8.78 Å². The zero-order chi connectivity index (χ0) is 10.7. The minimum absolute atomic E-state index is 0.188. The molecule has 1 aromatic carbocycles. The Hall–Kier alpha value is -0.670. The maximum absolute atomic E-state index is 13.3. The summed E-state index contributed by atoms with van der Waals surface area (Å²) in [6, 6.07) is 2.10. The third-order valence-corrected chi connectivity index (χ3v) is 2.35. The molecule has 1 N–H and O–H groups in total. The Labute approximate surface area is 87.1 Å². The predicted molar refractivity (Wildman–Crippen MR) is 53.5 cm³/mol. The second-order valence-electron chi connectivity index (χ2n) is 3.04. The molecular formula is C10H12ClF2N. The van der Waals surface area contributed by atoms with Crippen LogP contribution in [0, 0.1) is 11.6 Å². The first-order valence-electron chi connectivity index (χ1n) is 4.44. The monoisotopic (exact) mass is 219 g/mol. The van der Waals surface area contributed by atoms with Crippen LogP contribution in [0.15, 0.2) is 12.1 Å². The molecule has 0 spiro atoms. The predicted octanol–water partition coefficient (Wildman–Crippen LogP) is 3.29. The lowest BCUT2D eigenvalue weighted by atomic mass is 10.1. The molecule has 0 aliphatic carbocycles. The summed E-state index contributed by atoms with van der Waals surface area (Å²) in [5.41, 5.74) is 0.188. The highest BCUT2D eigenvalue weighted by atomic mass is 35.5. The minimum Gasteiger partial charge on any atom is -0.310 e. The maximum atomic E-state index is 13.3. The van der Waals surface area contributed by atoms with E-state index in [0.717, 1.165) is 6.07 Å². The standard InChI is InChI=1S/C10H12ClF2N/c1-3-14-6(2)9-7(11)4-5-8(12)10(9)13/h4-6,14H,3H2,1-2H3. The topological polar surface area (TPSA) is 12.0 Å². The molecule has 0 amide bonds. The molecule has 1 atom stereocenters. The Balaban J connectivity index is 3.11. The molecule has 0 saturated heterocycles. The normalized spacial score (nSPS) is 12.9. The van der Waals surface area contributed by atoms with Crippen LogP contribution in [0.3, 0.4) is 0 Å². The van der Waals surface area contributed by atoms with E-state index in [1.54, 1.807) is 6.92 Å². The van der Waals surface area contributed by atoms with Gasteiger partial charge in [-0.25, -0.2) is 8.78 Å². The maximum Gasteiger partial charge on any atom is 0.165 e. The van der Waals surface area contributed by atoms with Gasteiger partial charge in [0.1, 0.15) is 0 Å². The van der Waals surface area contributed by atoms with E-state index in [2.05, 4.69) is 5.32 Å². The van der Waals surface area contributed by atoms with Crippen LogP contribution in [-0.2, 0) is 0 Å². The van der Waals surface area contributed by atoms with Gasteiger partial charge in [-0.3, -0.25) is 0 Å². The van der Waals surface area contributed by atoms with Crippen molar-refractivity contribution < 1.29 is 8.78 Å². The van der Waals surface area contributed by atoms with Gasteiger partial charge in [0.05, 0.1) is 0 Å². The van der Waals surface area contributed by atoms with E-state index in [9.17, 15) is 8.78 Å². The molecule has 14 heavy (non-hydrogen) atoms. The second kappa shape index (κ2) is 4.71. The molecule has 0 saturated carbocycles. The van der Waals surface area contributed by atoms with E-state index in [1.807, 2.05) is 6.92 Å². The van der Waals surface area contributed by atoms with Gasteiger partial charge in [0.25, 0.3) is 0 Å². The van der Waals surface area contributed by atoms with Gasteiger partial charge >= 0.3 is 0 Å². The van der Waals surface area contributed by atoms with Crippen molar-refractivity contribution in [3.63, 3.8) is 0 Å². The first-order chi connectivity index (χ1) is 6.57. The summed E-state index contributed by atoms with van der Waals surface area (Å²) in [7, 11) is 0. The molecule has 1 nitrogen and oxygen atoms in total. The third kappa shape index (κ3) is 2.22. The van der Waals surface area contributed by atoms with Gasteiger partial charge in [0.2, 0.25) is 0 Å². The van der Waals surface area contributed by atoms with Crippen LogP contribution in [0.1, 0.15) is 25.5 Å². The molecule has 0 radical (unpaired) electrons. The van der Waals surface area contributed by atoms with Crippen molar-refractivity contribution in [2.24, 2.45) is 0 Å². The molecule has 1 rings (SSSR count). The summed E-state index contributed by atoms with van der Waals surface area (Å²) >= 11 is 5.79. The van der Waals surface area contributed by atoms with E-state index in [0.29, 0.717) is 6.54 Å². The number of hydrogen-bond acceptors (Lipinski definition) is 1. The first kappa shape index (κ1) is 11.4. The number of nitrogens with one attached hydrogen (secondary N) is 1. The average Bonchev–Trinajstić information content (AvgIpc) is 2.13. The molecule has 78 valence electrons. The van der Waals surface area contributed by atoms with Crippen LogP contribution >= 0.6 is 11.6 Å². The number of benzene rings is 1. The molecule has 0 bridgehead atoms. The second-order valence-corrected chi connectivity index (χ2v) is 3.44. The van der Waals surface area contributed by atoms with E-state index in [-0.39, 0.29) is 16.6 Å². The fourth-order valence-corrected chi connectivity index (χ4v) is 1.66. The highest BCUT2D eigenvalue weighted by Gasteiger charge is 2.17. The molecule has 0 heterocycles. The zero-order valence-electron chi connectivity index (χ0n) is 8.07. The van der Waals surface area contributed by atoms with Crippen molar-refractivity contribution in [1.29, 1.82) is 0 Å². The Morgan fingerprint density at radius 3 is 2.64 bits per heavy atom. The summed E-state index contributed by atoms with van der Waals surface area (Å²) < 4.78 is 26.2. The molecule has 0 fully saturated rings. The SMILES string of the molecule is CCNC(C)c1c(Cl)ccc(F)c1F. The highest BCUT2D eigenvalue weighted by Crippen LogP contribution is 2.27. The van der Waals surface area contributed by atoms with Gasteiger partial charge in [0, 0.05) is 16.6 Å². The molecule has 0 aliphatic rings. The minimum atomic E-state index is -0.869. The van der Waals surface area contributed by atoms with Gasteiger partial charge in [-0.1, -0.05) is 18.5 Å². The molecule has 1 aromatic rings. The van der Waals surface area contributed by atoms with Gasteiger partial charge in [-0.05, 0) is 25.6 Å². The highest BCUT2D eigenvalue weighted by molar-refractivity contribution is 6.31. The lowest BCUT2D eigenvalue weighted by molar-refractivity contribution is 0.477. The van der Waals surface area contributed by atoms with Crippen molar-refractivity contribution in [3.8, 4) is 0 Å². The number of halogens is 3. The smallest absolute Gasteiger partial charge is 0.165 e. The van der Waals surface area contributed by atoms with Crippen LogP contribution in [-0.4, -0.2) is 6.54 Å². The molecule has 4 heteroatoms. The Morgan fingerprint density at radius 1 is 1.43 bits per heavy atom. The molecule has 0 aromatic heterocycles. The summed E-state index contributed by atoms with van der Waals surface area (Å²) in [5.74, 6) is -1.74. The van der Waals surface area contributed by atoms with Crippen molar-refractivity contribution >= 4 is 11.6 Å². The van der Waals surface area contributed by atoms with Crippen LogP contribution in [0.2, 0.25) is 5.02 Å². The Kier molecular flexibility index (Phi) is 3.84. The summed E-state index contributed by atoms with van der Waals surface area (Å²) in [4.78, 5) is 0. The summed E-state index contributed by atoms with van der Waals surface area (Å²) in [5, 5.41) is 3.23. The van der Waals surface area contributed by atoms with Crippen LogP contribution in [0.25, 0.3) is 0 Å². The van der Waals surface area contributed by atoms with Crippen molar-refractivity contribution in [2.75, 3.05) is 6.54 Å². The average molecular weight is 220 g/mol. The first-order valence-corrected chi connectivity index (χ1v) is 4.82. The summed E-state index contributed by atoms with van der Waals surface area (Å²) in [6.45, 7) is 4.31. The van der Waals surface area contributed by atoms with Crippen molar-refractivity contribution in [2.45, 2.75) is 19.9 Å². The van der Waals surface area contributed by atoms with Gasteiger partial charge < -0.3 is 5.32 Å². The molecule has 0 aliphatic heterocycles. The third-order valence-electron chi connectivity index (χ3n) is 2.02. The Bertz CT molecular complexity index is 328. The van der Waals surface area contributed by atoms with E-state index >= 15 is 0 Å². The quantitative estimate of drug-likeness (QED) is 0.770.